The van der Waals surface area contributed by atoms with Gasteiger partial charge in [-0.3, -0.25) is 4.79 Å². The molecule has 1 saturated heterocycles. The standard InChI is InChI=1S/C15H21N3O3/c1-15(14(19)17-2)9-10-7-11(16)12(8-13(10)21-15)18-3-5-20-6-4-18/h7-8H,3-6,9,16H2,1-2H3,(H,17,19). The molecule has 0 aliphatic carbocycles. The molecule has 3 N–H and O–H groups in total. The summed E-state index contributed by atoms with van der Waals surface area (Å²) in [6.45, 7) is 4.84. The number of hydrogen-bond acceptors (Lipinski definition) is 5. The van der Waals surface area contributed by atoms with Crippen molar-refractivity contribution >= 4 is 17.3 Å². The summed E-state index contributed by atoms with van der Waals surface area (Å²) in [6.07, 6.45) is 0.537. The number of anilines is 2. The van der Waals surface area contributed by atoms with Crippen molar-refractivity contribution in [3.63, 3.8) is 0 Å². The molecular weight excluding hydrogens is 270 g/mol. The van der Waals surface area contributed by atoms with Crippen molar-refractivity contribution < 1.29 is 14.3 Å². The van der Waals surface area contributed by atoms with E-state index in [1.165, 1.54) is 0 Å². The molecule has 2 aliphatic heterocycles. The van der Waals surface area contributed by atoms with E-state index in [0.717, 1.165) is 35.8 Å². The number of rotatable bonds is 2. The van der Waals surface area contributed by atoms with Crippen LogP contribution in [-0.2, 0) is 16.0 Å². The lowest BCUT2D eigenvalue weighted by atomic mass is 9.98. The lowest BCUT2D eigenvalue weighted by Crippen LogP contribution is -2.46. The number of nitrogens with zero attached hydrogens (tertiary/aromatic N) is 1. The SMILES string of the molecule is CNC(=O)C1(C)Cc2cc(N)c(N3CCOCC3)cc2O1. The average molecular weight is 291 g/mol. The van der Waals surface area contributed by atoms with Crippen molar-refractivity contribution in [2.24, 2.45) is 0 Å². The maximum atomic E-state index is 12.0. The number of carbonyl (C=O) groups excluding carboxylic acids is 1. The number of fused-ring (bicyclic) bond motifs is 1. The number of nitrogens with one attached hydrogen (secondary N) is 1. The summed E-state index contributed by atoms with van der Waals surface area (Å²) < 4.78 is 11.3. The third-order valence-corrected chi connectivity index (χ3v) is 4.13. The van der Waals surface area contributed by atoms with Crippen molar-refractivity contribution in [2.45, 2.75) is 18.9 Å². The maximum absolute atomic E-state index is 12.0. The van der Waals surface area contributed by atoms with E-state index in [4.69, 9.17) is 15.2 Å². The number of morpholine rings is 1. The Morgan fingerprint density at radius 1 is 1.38 bits per heavy atom. The number of amides is 1. The van der Waals surface area contributed by atoms with Crippen LogP contribution in [0.1, 0.15) is 12.5 Å². The summed E-state index contributed by atoms with van der Waals surface area (Å²) >= 11 is 0. The Labute approximate surface area is 124 Å². The minimum absolute atomic E-state index is 0.120. The van der Waals surface area contributed by atoms with Gasteiger partial charge in [0.1, 0.15) is 5.75 Å². The fourth-order valence-electron chi connectivity index (χ4n) is 2.98. The number of carbonyl (C=O) groups is 1. The fourth-order valence-corrected chi connectivity index (χ4v) is 2.98. The van der Waals surface area contributed by atoms with E-state index in [2.05, 4.69) is 10.2 Å². The first-order chi connectivity index (χ1) is 10.0. The Hall–Kier alpha value is -1.95. The molecule has 0 radical (unpaired) electrons. The van der Waals surface area contributed by atoms with Crippen molar-refractivity contribution in [3.05, 3.63) is 17.7 Å². The van der Waals surface area contributed by atoms with Crippen LogP contribution in [0.4, 0.5) is 11.4 Å². The van der Waals surface area contributed by atoms with Gasteiger partial charge in [0.15, 0.2) is 5.60 Å². The average Bonchev–Trinajstić information content (AvgIpc) is 2.83. The number of nitrogen functional groups attached to an aromatic ring is 1. The maximum Gasteiger partial charge on any atom is 0.264 e. The third-order valence-electron chi connectivity index (χ3n) is 4.13. The second-order valence-corrected chi connectivity index (χ2v) is 5.71. The summed E-state index contributed by atoms with van der Waals surface area (Å²) in [7, 11) is 1.62. The zero-order chi connectivity index (χ0) is 15.0. The first-order valence-corrected chi connectivity index (χ1v) is 7.20. The van der Waals surface area contributed by atoms with Crippen LogP contribution in [0.15, 0.2) is 12.1 Å². The van der Waals surface area contributed by atoms with Gasteiger partial charge in [-0.05, 0) is 13.0 Å². The van der Waals surface area contributed by atoms with Crippen LogP contribution in [0.25, 0.3) is 0 Å². The molecular formula is C15H21N3O3. The topological polar surface area (TPSA) is 76.8 Å². The van der Waals surface area contributed by atoms with Crippen molar-refractivity contribution in [1.82, 2.24) is 5.32 Å². The lowest BCUT2D eigenvalue weighted by molar-refractivity contribution is -0.133. The summed E-state index contributed by atoms with van der Waals surface area (Å²) in [5.74, 6) is 0.627. The van der Waals surface area contributed by atoms with Crippen molar-refractivity contribution in [2.75, 3.05) is 44.0 Å². The molecule has 2 aliphatic rings. The molecule has 1 aromatic rings. The van der Waals surface area contributed by atoms with Gasteiger partial charge in [0.05, 0.1) is 24.6 Å². The molecule has 0 saturated carbocycles. The van der Waals surface area contributed by atoms with Crippen molar-refractivity contribution in [1.29, 1.82) is 0 Å². The van der Waals surface area contributed by atoms with Gasteiger partial charge in [-0.2, -0.15) is 0 Å². The molecule has 1 aromatic carbocycles. The monoisotopic (exact) mass is 291 g/mol. The predicted molar refractivity (Wildman–Crippen MR) is 80.7 cm³/mol. The molecule has 1 fully saturated rings. The van der Waals surface area contributed by atoms with Crippen LogP contribution < -0.4 is 20.7 Å². The number of likely N-dealkylation sites (N-methyl/N-ethyl adjacent to an activating group) is 1. The largest absolute Gasteiger partial charge is 0.477 e. The van der Waals surface area contributed by atoms with Crippen LogP contribution in [0.3, 0.4) is 0 Å². The zero-order valence-electron chi connectivity index (χ0n) is 12.4. The summed E-state index contributed by atoms with van der Waals surface area (Å²) in [5, 5.41) is 2.65. The van der Waals surface area contributed by atoms with E-state index >= 15 is 0 Å². The van der Waals surface area contributed by atoms with Gasteiger partial charge in [-0.15, -0.1) is 0 Å². The van der Waals surface area contributed by atoms with Gasteiger partial charge < -0.3 is 25.4 Å². The summed E-state index contributed by atoms with van der Waals surface area (Å²) in [4.78, 5) is 14.2. The Balaban J connectivity index is 1.90. The van der Waals surface area contributed by atoms with Gasteiger partial charge >= 0.3 is 0 Å². The van der Waals surface area contributed by atoms with Crippen LogP contribution >= 0.6 is 0 Å². The highest BCUT2D eigenvalue weighted by Crippen LogP contribution is 2.40. The Bertz CT molecular complexity index is 570. The molecule has 0 aromatic heterocycles. The van der Waals surface area contributed by atoms with Gasteiger partial charge in [0.2, 0.25) is 0 Å². The number of hydrogen-bond donors (Lipinski definition) is 2. The molecule has 1 amide bonds. The highest BCUT2D eigenvalue weighted by molar-refractivity contribution is 5.87. The fraction of sp³-hybridized carbons (Fsp3) is 0.533. The van der Waals surface area contributed by atoms with Gasteiger partial charge in [0, 0.05) is 38.2 Å². The van der Waals surface area contributed by atoms with Gasteiger partial charge in [0.25, 0.3) is 5.91 Å². The zero-order valence-corrected chi connectivity index (χ0v) is 12.4. The molecule has 3 rings (SSSR count). The van der Waals surface area contributed by atoms with E-state index in [1.54, 1.807) is 14.0 Å². The van der Waals surface area contributed by atoms with Gasteiger partial charge in [-0.1, -0.05) is 0 Å². The smallest absolute Gasteiger partial charge is 0.264 e. The minimum atomic E-state index is -0.854. The molecule has 0 spiro atoms. The molecule has 6 nitrogen and oxygen atoms in total. The van der Waals surface area contributed by atoms with E-state index in [1.807, 2.05) is 12.1 Å². The third kappa shape index (κ3) is 2.40. The predicted octanol–water partition coefficient (Wildman–Crippen LogP) is 0.545. The summed E-state index contributed by atoms with van der Waals surface area (Å²) in [6, 6.07) is 3.87. The Kier molecular flexibility index (Phi) is 3.41. The first-order valence-electron chi connectivity index (χ1n) is 7.20. The second-order valence-electron chi connectivity index (χ2n) is 5.71. The van der Waals surface area contributed by atoms with Crippen molar-refractivity contribution in [3.8, 4) is 5.75 Å². The normalized spacial score (nSPS) is 24.4. The highest BCUT2D eigenvalue weighted by atomic mass is 16.5. The quantitative estimate of drug-likeness (QED) is 0.778. The summed E-state index contributed by atoms with van der Waals surface area (Å²) in [5.41, 5.74) is 7.99. The van der Waals surface area contributed by atoms with E-state index in [-0.39, 0.29) is 5.91 Å². The molecule has 1 unspecified atom stereocenters. The molecule has 1 atom stereocenters. The molecule has 6 heteroatoms. The van der Waals surface area contributed by atoms with Crippen LogP contribution in [0.5, 0.6) is 5.75 Å². The number of ether oxygens (including phenoxy) is 2. The van der Waals surface area contributed by atoms with Crippen LogP contribution in [-0.4, -0.2) is 44.9 Å². The Morgan fingerprint density at radius 2 is 2.10 bits per heavy atom. The lowest BCUT2D eigenvalue weighted by Gasteiger charge is -2.30. The minimum Gasteiger partial charge on any atom is -0.477 e. The van der Waals surface area contributed by atoms with Crippen LogP contribution in [0.2, 0.25) is 0 Å². The van der Waals surface area contributed by atoms with Crippen LogP contribution in [0, 0.1) is 0 Å². The number of nitrogens with two attached hydrogens (primary N) is 1. The van der Waals surface area contributed by atoms with E-state index < -0.39 is 5.60 Å². The highest BCUT2D eigenvalue weighted by Gasteiger charge is 2.41. The van der Waals surface area contributed by atoms with E-state index in [9.17, 15) is 4.79 Å². The molecule has 114 valence electrons. The molecule has 2 heterocycles. The first kappa shape index (κ1) is 14.0. The molecule has 0 bridgehead atoms. The van der Waals surface area contributed by atoms with E-state index in [0.29, 0.717) is 19.6 Å². The van der Waals surface area contributed by atoms with Gasteiger partial charge in [-0.25, -0.2) is 0 Å². The molecule has 21 heavy (non-hydrogen) atoms. The Morgan fingerprint density at radius 3 is 2.76 bits per heavy atom. The number of benzene rings is 1. The second kappa shape index (κ2) is 5.11.